The van der Waals surface area contributed by atoms with E-state index >= 15 is 0 Å². The van der Waals surface area contributed by atoms with Crippen LogP contribution in [0.15, 0.2) is 36.7 Å². The van der Waals surface area contributed by atoms with E-state index in [2.05, 4.69) is 51.6 Å². The van der Waals surface area contributed by atoms with Gasteiger partial charge in [-0.2, -0.15) is 5.10 Å². The molecule has 0 radical (unpaired) electrons. The number of aryl methyl sites for hydroxylation is 1. The van der Waals surface area contributed by atoms with Gasteiger partial charge in [-0.3, -0.25) is 0 Å². The first-order chi connectivity index (χ1) is 11.2. The van der Waals surface area contributed by atoms with Crippen molar-refractivity contribution in [3.05, 3.63) is 59.4 Å². The quantitative estimate of drug-likeness (QED) is 0.660. The number of nitrogens with zero attached hydrogens (tertiary/aromatic N) is 6. The van der Waals surface area contributed by atoms with Gasteiger partial charge in [0.1, 0.15) is 12.4 Å². The van der Waals surface area contributed by atoms with Gasteiger partial charge in [0, 0.05) is 19.7 Å². The van der Waals surface area contributed by atoms with Crippen LogP contribution in [0.2, 0.25) is 0 Å². The van der Waals surface area contributed by atoms with Gasteiger partial charge in [0.2, 0.25) is 0 Å². The molecule has 2 heterocycles. The third kappa shape index (κ3) is 4.01. The highest BCUT2D eigenvalue weighted by Crippen LogP contribution is 2.09. The Labute approximate surface area is 134 Å². The lowest BCUT2D eigenvalue weighted by atomic mass is 10.1. The average Bonchev–Trinajstić information content (AvgIpc) is 3.16. The van der Waals surface area contributed by atoms with Gasteiger partial charge in [0.25, 0.3) is 0 Å². The van der Waals surface area contributed by atoms with Crippen LogP contribution in [0.25, 0.3) is 0 Å². The van der Waals surface area contributed by atoms with Crippen LogP contribution in [0.4, 0.5) is 0 Å². The van der Waals surface area contributed by atoms with Crippen molar-refractivity contribution in [2.45, 2.75) is 26.4 Å². The van der Waals surface area contributed by atoms with Crippen molar-refractivity contribution in [1.82, 2.24) is 29.8 Å². The second-order valence-corrected chi connectivity index (χ2v) is 5.43. The van der Waals surface area contributed by atoms with Crippen molar-refractivity contribution in [3.63, 3.8) is 0 Å². The van der Waals surface area contributed by atoms with Gasteiger partial charge >= 0.3 is 0 Å². The molecule has 7 heteroatoms. The van der Waals surface area contributed by atoms with Crippen LogP contribution in [0.1, 0.15) is 22.8 Å². The van der Waals surface area contributed by atoms with Crippen molar-refractivity contribution in [2.24, 2.45) is 0 Å². The molecule has 7 nitrogen and oxygen atoms in total. The van der Waals surface area contributed by atoms with Crippen LogP contribution in [0.3, 0.4) is 0 Å². The summed E-state index contributed by atoms with van der Waals surface area (Å²) in [6.07, 6.45) is 4.18. The molecule has 0 amide bonds. The average molecular weight is 312 g/mol. The molecule has 0 aliphatic heterocycles. The van der Waals surface area contributed by atoms with E-state index in [9.17, 15) is 0 Å². The SMILES string of the molecule is COCCc1nc(Cn2ccnn2)n(Cc2cccc(C)c2)n1. The minimum Gasteiger partial charge on any atom is -0.384 e. The Morgan fingerprint density at radius 1 is 1.22 bits per heavy atom. The van der Waals surface area contributed by atoms with E-state index < -0.39 is 0 Å². The fourth-order valence-corrected chi connectivity index (χ4v) is 2.41. The van der Waals surface area contributed by atoms with Gasteiger partial charge in [-0.1, -0.05) is 35.0 Å². The summed E-state index contributed by atoms with van der Waals surface area (Å²) in [5.74, 6) is 1.65. The molecular formula is C16H20N6O. The number of benzene rings is 1. The molecule has 23 heavy (non-hydrogen) atoms. The first-order valence-corrected chi connectivity index (χ1v) is 7.56. The summed E-state index contributed by atoms with van der Waals surface area (Å²) in [5.41, 5.74) is 2.44. The fraction of sp³-hybridized carbons (Fsp3) is 0.375. The third-order valence-corrected chi connectivity index (χ3v) is 3.51. The highest BCUT2D eigenvalue weighted by Gasteiger charge is 2.11. The summed E-state index contributed by atoms with van der Waals surface area (Å²) in [7, 11) is 1.68. The van der Waals surface area contributed by atoms with Crippen molar-refractivity contribution in [1.29, 1.82) is 0 Å². The van der Waals surface area contributed by atoms with E-state index in [1.165, 1.54) is 11.1 Å². The molecule has 0 aliphatic carbocycles. The Balaban J connectivity index is 1.84. The summed E-state index contributed by atoms with van der Waals surface area (Å²) in [5, 5.41) is 12.5. The summed E-state index contributed by atoms with van der Waals surface area (Å²) in [6.45, 7) is 3.93. The number of hydrogen-bond donors (Lipinski definition) is 0. The molecule has 0 aliphatic rings. The standard InChI is InChI=1S/C16H20N6O/c1-13-4-3-5-14(10-13)11-22-16(12-21-8-7-17-20-21)18-15(19-22)6-9-23-2/h3-5,7-8,10H,6,9,11-12H2,1-2H3. The Hall–Kier alpha value is -2.54. The lowest BCUT2D eigenvalue weighted by molar-refractivity contribution is 0.200. The van der Waals surface area contributed by atoms with Crippen LogP contribution in [-0.2, 0) is 24.2 Å². The van der Waals surface area contributed by atoms with Crippen LogP contribution in [-0.4, -0.2) is 43.5 Å². The van der Waals surface area contributed by atoms with Gasteiger partial charge in [-0.15, -0.1) is 5.10 Å². The highest BCUT2D eigenvalue weighted by atomic mass is 16.5. The highest BCUT2D eigenvalue weighted by molar-refractivity contribution is 5.22. The van der Waals surface area contributed by atoms with Crippen molar-refractivity contribution >= 4 is 0 Å². The predicted molar refractivity (Wildman–Crippen MR) is 85.0 cm³/mol. The van der Waals surface area contributed by atoms with E-state index in [0.717, 1.165) is 11.6 Å². The third-order valence-electron chi connectivity index (χ3n) is 3.51. The molecule has 0 atom stereocenters. The second kappa shape index (κ2) is 7.15. The van der Waals surface area contributed by atoms with Crippen molar-refractivity contribution in [2.75, 3.05) is 13.7 Å². The zero-order valence-electron chi connectivity index (χ0n) is 13.4. The van der Waals surface area contributed by atoms with E-state index in [1.807, 2.05) is 10.9 Å². The lowest BCUT2D eigenvalue weighted by Crippen LogP contribution is -2.11. The Bertz CT molecular complexity index is 750. The van der Waals surface area contributed by atoms with E-state index in [0.29, 0.717) is 26.1 Å². The van der Waals surface area contributed by atoms with Gasteiger partial charge < -0.3 is 4.74 Å². The summed E-state index contributed by atoms with van der Waals surface area (Å²) >= 11 is 0. The molecule has 0 spiro atoms. The topological polar surface area (TPSA) is 70.7 Å². The van der Waals surface area contributed by atoms with E-state index in [-0.39, 0.29) is 0 Å². The van der Waals surface area contributed by atoms with Crippen molar-refractivity contribution in [3.8, 4) is 0 Å². The molecule has 3 aromatic rings. The molecule has 120 valence electrons. The maximum atomic E-state index is 5.12. The molecule has 2 aromatic heterocycles. The molecule has 0 unspecified atom stereocenters. The number of aromatic nitrogens is 6. The largest absolute Gasteiger partial charge is 0.384 e. The van der Waals surface area contributed by atoms with Gasteiger partial charge in [0.05, 0.1) is 19.3 Å². The van der Waals surface area contributed by atoms with Crippen LogP contribution in [0.5, 0.6) is 0 Å². The predicted octanol–water partition coefficient (Wildman–Crippen LogP) is 1.46. The number of rotatable bonds is 7. The first kappa shape index (κ1) is 15.4. The molecule has 0 saturated heterocycles. The minimum atomic E-state index is 0.547. The summed E-state index contributed by atoms with van der Waals surface area (Å²) in [4.78, 5) is 4.62. The Morgan fingerprint density at radius 2 is 2.13 bits per heavy atom. The first-order valence-electron chi connectivity index (χ1n) is 7.56. The lowest BCUT2D eigenvalue weighted by Gasteiger charge is -2.06. The molecule has 1 aromatic carbocycles. The Kier molecular flexibility index (Phi) is 4.77. The minimum absolute atomic E-state index is 0.547. The van der Waals surface area contributed by atoms with E-state index in [4.69, 9.17) is 4.74 Å². The zero-order chi connectivity index (χ0) is 16.1. The summed E-state index contributed by atoms with van der Waals surface area (Å²) in [6, 6.07) is 8.41. The van der Waals surface area contributed by atoms with Crippen LogP contribution in [0, 0.1) is 6.92 Å². The maximum absolute atomic E-state index is 5.12. The molecule has 0 N–H and O–H groups in total. The van der Waals surface area contributed by atoms with Gasteiger partial charge in [-0.05, 0) is 12.5 Å². The second-order valence-electron chi connectivity index (χ2n) is 5.43. The number of hydrogen-bond acceptors (Lipinski definition) is 5. The number of ether oxygens (including phenoxy) is 1. The normalized spacial score (nSPS) is 11.0. The smallest absolute Gasteiger partial charge is 0.153 e. The Morgan fingerprint density at radius 3 is 2.87 bits per heavy atom. The van der Waals surface area contributed by atoms with Gasteiger partial charge in [0.15, 0.2) is 5.82 Å². The summed E-state index contributed by atoms with van der Waals surface area (Å²) < 4.78 is 8.80. The molecule has 0 fully saturated rings. The van der Waals surface area contributed by atoms with Crippen LogP contribution < -0.4 is 0 Å². The number of methoxy groups -OCH3 is 1. The monoisotopic (exact) mass is 312 g/mol. The molecule has 0 bridgehead atoms. The van der Waals surface area contributed by atoms with Crippen LogP contribution >= 0.6 is 0 Å². The van der Waals surface area contributed by atoms with E-state index in [1.54, 1.807) is 18.0 Å². The molecular weight excluding hydrogens is 292 g/mol. The molecule has 3 rings (SSSR count). The fourth-order valence-electron chi connectivity index (χ4n) is 2.41. The van der Waals surface area contributed by atoms with Gasteiger partial charge in [-0.25, -0.2) is 14.3 Å². The maximum Gasteiger partial charge on any atom is 0.153 e. The zero-order valence-corrected chi connectivity index (χ0v) is 13.4. The van der Waals surface area contributed by atoms with Crippen molar-refractivity contribution < 1.29 is 4.74 Å². The molecule has 0 saturated carbocycles.